The van der Waals surface area contributed by atoms with E-state index >= 15 is 0 Å². The Bertz CT molecular complexity index is 727. The number of benzene rings is 2. The van der Waals surface area contributed by atoms with Gasteiger partial charge in [0.05, 0.1) is 17.1 Å². The van der Waals surface area contributed by atoms with Gasteiger partial charge in [-0.15, -0.1) is 6.58 Å². The highest BCUT2D eigenvalue weighted by Crippen LogP contribution is 2.24. The molecule has 0 heterocycles. The van der Waals surface area contributed by atoms with Crippen molar-refractivity contribution in [3.8, 4) is 0 Å². The lowest BCUT2D eigenvalue weighted by molar-refractivity contribution is 0.592. The van der Waals surface area contributed by atoms with Crippen LogP contribution in [0.4, 0.5) is 10.1 Å². The van der Waals surface area contributed by atoms with Gasteiger partial charge in [0, 0.05) is 4.47 Å². The summed E-state index contributed by atoms with van der Waals surface area (Å²) in [6, 6.07) is 11.6. The summed E-state index contributed by atoms with van der Waals surface area (Å²) >= 11 is 3.27. The number of rotatable bonds is 5. The molecule has 3 nitrogen and oxygen atoms in total. The number of hydrogen-bond donors (Lipinski definition) is 0. The molecule has 2 aromatic rings. The van der Waals surface area contributed by atoms with Gasteiger partial charge in [-0.2, -0.15) is 0 Å². The number of nitrogens with zero attached hydrogens (tertiary/aromatic N) is 1. The second-order valence-electron chi connectivity index (χ2n) is 4.26. The van der Waals surface area contributed by atoms with Gasteiger partial charge in [-0.25, -0.2) is 12.8 Å². The topological polar surface area (TPSA) is 37.4 Å². The highest BCUT2D eigenvalue weighted by atomic mass is 79.9. The van der Waals surface area contributed by atoms with Crippen LogP contribution in [0.3, 0.4) is 0 Å². The second kappa shape index (κ2) is 6.41. The van der Waals surface area contributed by atoms with Crippen molar-refractivity contribution < 1.29 is 12.8 Å². The maximum Gasteiger partial charge on any atom is 0.264 e. The molecule has 0 amide bonds. The molecule has 0 atom stereocenters. The van der Waals surface area contributed by atoms with Crippen LogP contribution >= 0.6 is 15.9 Å². The molecule has 6 heteroatoms. The van der Waals surface area contributed by atoms with Gasteiger partial charge in [-0.3, -0.25) is 4.31 Å². The fraction of sp³-hybridized carbons (Fsp3) is 0.0667. The summed E-state index contributed by atoms with van der Waals surface area (Å²) in [5.74, 6) is -0.418. The zero-order valence-electron chi connectivity index (χ0n) is 11.0. The highest BCUT2D eigenvalue weighted by Gasteiger charge is 2.23. The molecule has 21 heavy (non-hydrogen) atoms. The predicted octanol–water partition coefficient (Wildman–Crippen LogP) is 3.97. The normalized spacial score (nSPS) is 11.1. The molecule has 0 aliphatic heterocycles. The van der Waals surface area contributed by atoms with Crippen LogP contribution in [-0.2, 0) is 10.0 Å². The van der Waals surface area contributed by atoms with Crippen molar-refractivity contribution >= 4 is 31.6 Å². The molecule has 2 rings (SSSR count). The molecule has 0 spiro atoms. The first kappa shape index (κ1) is 15.7. The van der Waals surface area contributed by atoms with Crippen molar-refractivity contribution in [1.29, 1.82) is 0 Å². The van der Waals surface area contributed by atoms with Crippen molar-refractivity contribution in [3.63, 3.8) is 0 Å². The Morgan fingerprint density at radius 1 is 1.10 bits per heavy atom. The van der Waals surface area contributed by atoms with Crippen LogP contribution in [0.25, 0.3) is 0 Å². The lowest BCUT2D eigenvalue weighted by atomic mass is 10.3. The SMILES string of the molecule is C=CCN(c1ccc(F)cc1)S(=O)(=O)c1ccc(Br)cc1. The molecule has 0 radical (unpaired) electrons. The Morgan fingerprint density at radius 3 is 2.19 bits per heavy atom. The largest absolute Gasteiger partial charge is 0.264 e. The second-order valence-corrected chi connectivity index (χ2v) is 7.03. The zero-order chi connectivity index (χ0) is 15.5. The number of hydrogen-bond acceptors (Lipinski definition) is 2. The van der Waals surface area contributed by atoms with Crippen molar-refractivity contribution in [2.24, 2.45) is 0 Å². The summed E-state index contributed by atoms with van der Waals surface area (Å²) < 4.78 is 40.4. The van der Waals surface area contributed by atoms with Gasteiger partial charge in [0.1, 0.15) is 5.82 Å². The van der Waals surface area contributed by atoms with Crippen LogP contribution in [0, 0.1) is 5.82 Å². The third-order valence-electron chi connectivity index (χ3n) is 2.81. The quantitative estimate of drug-likeness (QED) is 0.747. The third kappa shape index (κ3) is 3.51. The standard InChI is InChI=1S/C15H13BrFNO2S/c1-2-11-18(14-7-5-13(17)6-8-14)21(19,20)15-9-3-12(16)4-10-15/h2-10H,1,11H2. The summed E-state index contributed by atoms with van der Waals surface area (Å²) in [6.07, 6.45) is 1.49. The first-order valence-electron chi connectivity index (χ1n) is 6.10. The Labute approximate surface area is 131 Å². The van der Waals surface area contributed by atoms with Crippen LogP contribution in [0.15, 0.2) is 70.6 Å². The van der Waals surface area contributed by atoms with E-state index in [9.17, 15) is 12.8 Å². The zero-order valence-corrected chi connectivity index (χ0v) is 13.4. The summed E-state index contributed by atoms with van der Waals surface area (Å²) in [5, 5.41) is 0. The average Bonchev–Trinajstić information content (AvgIpc) is 2.46. The molecule has 0 aromatic heterocycles. The Hall–Kier alpha value is -1.66. The molecule has 0 saturated heterocycles. The molecule has 0 N–H and O–H groups in total. The van der Waals surface area contributed by atoms with Crippen LogP contribution < -0.4 is 4.31 Å². The van der Waals surface area contributed by atoms with Crippen molar-refractivity contribution in [3.05, 3.63) is 71.5 Å². The smallest absolute Gasteiger partial charge is 0.263 e. The van der Waals surface area contributed by atoms with Crippen LogP contribution in [0.2, 0.25) is 0 Å². The Balaban J connectivity index is 2.47. The van der Waals surface area contributed by atoms with E-state index in [1.54, 1.807) is 12.1 Å². The molecule has 110 valence electrons. The highest BCUT2D eigenvalue weighted by molar-refractivity contribution is 9.10. The van der Waals surface area contributed by atoms with Gasteiger partial charge in [0.25, 0.3) is 10.0 Å². The summed E-state index contributed by atoms with van der Waals surface area (Å²) in [7, 11) is -3.73. The Morgan fingerprint density at radius 2 is 1.67 bits per heavy atom. The van der Waals surface area contributed by atoms with E-state index in [1.165, 1.54) is 46.8 Å². The van der Waals surface area contributed by atoms with E-state index in [0.29, 0.717) is 5.69 Å². The molecule has 0 unspecified atom stereocenters. The predicted molar refractivity (Wildman–Crippen MR) is 85.3 cm³/mol. The van der Waals surface area contributed by atoms with Gasteiger partial charge in [0.15, 0.2) is 0 Å². The maximum atomic E-state index is 13.0. The van der Waals surface area contributed by atoms with Gasteiger partial charge >= 0.3 is 0 Å². The minimum atomic E-state index is -3.73. The van der Waals surface area contributed by atoms with Crippen molar-refractivity contribution in [1.82, 2.24) is 0 Å². The lowest BCUT2D eigenvalue weighted by Gasteiger charge is -2.23. The van der Waals surface area contributed by atoms with Gasteiger partial charge in [-0.05, 0) is 48.5 Å². The third-order valence-corrected chi connectivity index (χ3v) is 5.15. The Kier molecular flexibility index (Phi) is 4.80. The number of anilines is 1. The van der Waals surface area contributed by atoms with Crippen molar-refractivity contribution in [2.75, 3.05) is 10.8 Å². The van der Waals surface area contributed by atoms with Gasteiger partial charge in [-0.1, -0.05) is 22.0 Å². The fourth-order valence-corrected chi connectivity index (χ4v) is 3.50. The monoisotopic (exact) mass is 369 g/mol. The fourth-order valence-electron chi connectivity index (χ4n) is 1.80. The van der Waals surface area contributed by atoms with Gasteiger partial charge in [0.2, 0.25) is 0 Å². The minimum Gasteiger partial charge on any atom is -0.263 e. The molecule has 0 aliphatic rings. The molecule has 0 fully saturated rings. The molecular weight excluding hydrogens is 357 g/mol. The lowest BCUT2D eigenvalue weighted by Crippen LogP contribution is -2.31. The molecule has 2 aromatic carbocycles. The van der Waals surface area contributed by atoms with E-state index in [-0.39, 0.29) is 11.4 Å². The summed E-state index contributed by atoms with van der Waals surface area (Å²) in [5.41, 5.74) is 0.388. The van der Waals surface area contributed by atoms with E-state index in [4.69, 9.17) is 0 Å². The first-order chi connectivity index (χ1) is 9.95. The van der Waals surface area contributed by atoms with E-state index in [2.05, 4.69) is 22.5 Å². The van der Waals surface area contributed by atoms with E-state index < -0.39 is 15.8 Å². The first-order valence-corrected chi connectivity index (χ1v) is 8.33. The molecule has 0 saturated carbocycles. The van der Waals surface area contributed by atoms with Crippen molar-refractivity contribution in [2.45, 2.75) is 4.90 Å². The van der Waals surface area contributed by atoms with Gasteiger partial charge < -0.3 is 0 Å². The maximum absolute atomic E-state index is 13.0. The van der Waals surface area contributed by atoms with Crippen LogP contribution in [0.1, 0.15) is 0 Å². The summed E-state index contributed by atoms with van der Waals surface area (Å²) in [6.45, 7) is 3.68. The summed E-state index contributed by atoms with van der Waals surface area (Å²) in [4.78, 5) is 0.164. The number of halogens is 2. The molecular formula is C15H13BrFNO2S. The van der Waals surface area contributed by atoms with Crippen LogP contribution in [0.5, 0.6) is 0 Å². The van der Waals surface area contributed by atoms with Crippen LogP contribution in [-0.4, -0.2) is 15.0 Å². The minimum absolute atomic E-state index is 0.101. The molecule has 0 aliphatic carbocycles. The van der Waals surface area contributed by atoms with E-state index in [1.807, 2.05) is 0 Å². The van der Waals surface area contributed by atoms with E-state index in [0.717, 1.165) is 4.47 Å². The average molecular weight is 370 g/mol. The molecule has 0 bridgehead atoms. The number of sulfonamides is 1.